The number of rotatable bonds is 7. The number of methoxy groups -OCH3 is 2. The number of amides is 3. The first-order chi connectivity index (χ1) is 16.4. The Bertz CT molecular complexity index is 1260. The summed E-state index contributed by atoms with van der Waals surface area (Å²) in [7, 11) is 3.16. The topological polar surface area (TPSA) is 89.9 Å². The summed E-state index contributed by atoms with van der Waals surface area (Å²) in [6.45, 7) is 1.59. The van der Waals surface area contributed by atoms with Crippen LogP contribution in [0.25, 0.3) is 11.8 Å². The summed E-state index contributed by atoms with van der Waals surface area (Å²) in [5.41, 5.74) is 3.15. The van der Waals surface area contributed by atoms with Crippen LogP contribution in [-0.4, -0.2) is 47.3 Å². The highest BCUT2D eigenvalue weighted by Crippen LogP contribution is 2.33. The Kier molecular flexibility index (Phi) is 6.74. The van der Waals surface area contributed by atoms with E-state index in [0.29, 0.717) is 11.4 Å². The van der Waals surface area contributed by atoms with Gasteiger partial charge in [0.2, 0.25) is 5.91 Å². The lowest BCUT2D eigenvalue weighted by molar-refractivity contribution is -0.127. The number of aryl methyl sites for hydroxylation is 1. The van der Waals surface area contributed by atoms with Gasteiger partial charge in [0.05, 0.1) is 19.1 Å². The number of anilines is 1. The lowest BCUT2D eigenvalue weighted by atomic mass is 10.2. The number of thioether (sulfide) groups is 1. The molecule has 0 bridgehead atoms. The monoisotopic (exact) mass is 477 g/mol. The van der Waals surface area contributed by atoms with Crippen molar-refractivity contribution in [2.24, 2.45) is 0 Å². The van der Waals surface area contributed by atoms with Crippen molar-refractivity contribution >= 4 is 40.6 Å². The lowest BCUT2D eigenvalue weighted by Gasteiger charge is -2.13. The number of imide groups is 1. The van der Waals surface area contributed by atoms with Gasteiger partial charge < -0.3 is 19.4 Å². The first-order valence-electron chi connectivity index (χ1n) is 10.4. The highest BCUT2D eigenvalue weighted by Gasteiger charge is 2.36. The van der Waals surface area contributed by atoms with Gasteiger partial charge in [-0.25, -0.2) is 0 Å². The van der Waals surface area contributed by atoms with Crippen molar-refractivity contribution in [1.29, 1.82) is 0 Å². The number of hydrogen-bond acceptors (Lipinski definition) is 6. The Hall–Kier alpha value is -3.98. The molecule has 1 N–H and O–H groups in total. The zero-order valence-corrected chi connectivity index (χ0v) is 19.7. The quantitative estimate of drug-likeness (QED) is 0.505. The van der Waals surface area contributed by atoms with E-state index in [9.17, 15) is 14.4 Å². The molecule has 3 amide bonds. The van der Waals surface area contributed by atoms with E-state index in [1.54, 1.807) is 44.6 Å². The summed E-state index contributed by atoms with van der Waals surface area (Å²) in [6.07, 6.45) is 1.67. The van der Waals surface area contributed by atoms with Gasteiger partial charge in [0.1, 0.15) is 18.0 Å². The smallest absolute Gasteiger partial charge is 0.294 e. The Morgan fingerprint density at radius 3 is 2.18 bits per heavy atom. The minimum atomic E-state index is -0.500. The SMILES string of the molecule is COc1ccc(NC(=O)CN2C(=O)S/C(=C\c3ccc(C)n3-c3ccc(OC)cc3)C2=O)cc1. The van der Waals surface area contributed by atoms with Crippen molar-refractivity contribution < 1.29 is 23.9 Å². The fraction of sp³-hybridized carbons (Fsp3) is 0.160. The van der Waals surface area contributed by atoms with Crippen LogP contribution in [0.15, 0.2) is 65.6 Å². The predicted molar refractivity (Wildman–Crippen MR) is 131 cm³/mol. The molecule has 0 saturated carbocycles. The average Bonchev–Trinajstić information content (AvgIpc) is 3.33. The van der Waals surface area contributed by atoms with Crippen molar-refractivity contribution in [3.05, 3.63) is 77.0 Å². The third-order valence-corrected chi connectivity index (χ3v) is 6.17. The largest absolute Gasteiger partial charge is 0.497 e. The van der Waals surface area contributed by atoms with Gasteiger partial charge in [0.15, 0.2) is 0 Å². The molecule has 0 unspecified atom stereocenters. The number of carbonyl (C=O) groups excluding carboxylic acids is 3. The Balaban J connectivity index is 1.50. The van der Waals surface area contributed by atoms with Crippen LogP contribution in [0.1, 0.15) is 11.4 Å². The maximum atomic E-state index is 12.9. The number of nitrogens with one attached hydrogen (secondary N) is 1. The van der Waals surface area contributed by atoms with Crippen molar-refractivity contribution in [3.63, 3.8) is 0 Å². The standard InChI is InChI=1S/C25H23N3O5S/c1-16-4-7-19(28(16)18-8-12-21(33-3)13-9-18)14-22-24(30)27(25(31)34-22)15-23(29)26-17-5-10-20(32-2)11-6-17/h4-14H,15H2,1-3H3,(H,26,29)/b22-14-. The van der Waals surface area contributed by atoms with Crippen LogP contribution in [0.4, 0.5) is 10.5 Å². The van der Waals surface area contributed by atoms with E-state index in [-0.39, 0.29) is 11.4 Å². The number of carbonyl (C=O) groups is 3. The van der Waals surface area contributed by atoms with Crippen LogP contribution < -0.4 is 14.8 Å². The normalized spacial score (nSPS) is 14.6. The van der Waals surface area contributed by atoms with Gasteiger partial charge in [-0.15, -0.1) is 0 Å². The Labute approximate surface area is 201 Å². The maximum Gasteiger partial charge on any atom is 0.294 e. The summed E-state index contributed by atoms with van der Waals surface area (Å²) >= 11 is 0.818. The molecule has 8 nitrogen and oxygen atoms in total. The van der Waals surface area contributed by atoms with E-state index in [2.05, 4.69) is 5.32 Å². The molecule has 1 fully saturated rings. The fourth-order valence-electron chi connectivity index (χ4n) is 3.54. The summed E-state index contributed by atoms with van der Waals surface area (Å²) in [5.74, 6) is 0.430. The van der Waals surface area contributed by atoms with Gasteiger partial charge in [-0.3, -0.25) is 19.3 Å². The summed E-state index contributed by atoms with van der Waals surface area (Å²) in [5, 5.41) is 2.20. The zero-order valence-electron chi connectivity index (χ0n) is 18.9. The molecule has 34 heavy (non-hydrogen) atoms. The van der Waals surface area contributed by atoms with E-state index < -0.39 is 17.1 Å². The third kappa shape index (κ3) is 4.84. The predicted octanol–water partition coefficient (Wildman–Crippen LogP) is 4.48. The maximum absolute atomic E-state index is 12.9. The van der Waals surface area contributed by atoms with Crippen molar-refractivity contribution in [1.82, 2.24) is 9.47 Å². The molecule has 174 valence electrons. The highest BCUT2D eigenvalue weighted by atomic mass is 32.2. The molecule has 1 aliphatic rings. The second-order valence-corrected chi connectivity index (χ2v) is 8.47. The molecule has 2 aromatic carbocycles. The molecule has 0 radical (unpaired) electrons. The van der Waals surface area contributed by atoms with Crippen molar-refractivity contribution in [3.8, 4) is 17.2 Å². The van der Waals surface area contributed by atoms with Crippen LogP contribution in [0.3, 0.4) is 0 Å². The number of nitrogens with zero attached hydrogens (tertiary/aromatic N) is 2. The average molecular weight is 478 g/mol. The van der Waals surface area contributed by atoms with Crippen LogP contribution in [-0.2, 0) is 9.59 Å². The molecule has 0 spiro atoms. The molecule has 9 heteroatoms. The molecular weight excluding hydrogens is 454 g/mol. The minimum Gasteiger partial charge on any atom is -0.497 e. The second-order valence-electron chi connectivity index (χ2n) is 7.48. The minimum absolute atomic E-state index is 0.259. The first kappa shape index (κ1) is 23.2. The summed E-state index contributed by atoms with van der Waals surface area (Å²) in [6, 6.07) is 18.1. The molecule has 4 rings (SSSR count). The van der Waals surface area contributed by atoms with E-state index >= 15 is 0 Å². The first-order valence-corrected chi connectivity index (χ1v) is 11.2. The molecule has 0 aliphatic carbocycles. The van der Waals surface area contributed by atoms with E-state index in [0.717, 1.165) is 39.5 Å². The molecule has 1 saturated heterocycles. The van der Waals surface area contributed by atoms with Gasteiger partial charge in [0.25, 0.3) is 11.1 Å². The van der Waals surface area contributed by atoms with Gasteiger partial charge in [-0.2, -0.15) is 0 Å². The Morgan fingerprint density at radius 2 is 1.56 bits per heavy atom. The molecule has 3 aromatic rings. The summed E-state index contributed by atoms with van der Waals surface area (Å²) < 4.78 is 12.3. The fourth-order valence-corrected chi connectivity index (χ4v) is 4.37. The van der Waals surface area contributed by atoms with E-state index in [1.165, 1.54) is 0 Å². The summed E-state index contributed by atoms with van der Waals surface area (Å²) in [4.78, 5) is 39.1. The molecule has 2 heterocycles. The van der Waals surface area contributed by atoms with E-state index in [4.69, 9.17) is 9.47 Å². The van der Waals surface area contributed by atoms with Crippen LogP contribution in [0.5, 0.6) is 11.5 Å². The van der Waals surface area contributed by atoms with Gasteiger partial charge in [-0.05, 0) is 85.4 Å². The lowest BCUT2D eigenvalue weighted by Crippen LogP contribution is -2.36. The van der Waals surface area contributed by atoms with Crippen molar-refractivity contribution in [2.75, 3.05) is 26.1 Å². The van der Waals surface area contributed by atoms with Crippen LogP contribution >= 0.6 is 11.8 Å². The van der Waals surface area contributed by atoms with Crippen molar-refractivity contribution in [2.45, 2.75) is 6.92 Å². The zero-order chi connectivity index (χ0) is 24.2. The number of benzene rings is 2. The van der Waals surface area contributed by atoms with Gasteiger partial charge in [0, 0.05) is 22.8 Å². The number of aromatic nitrogens is 1. The van der Waals surface area contributed by atoms with Crippen LogP contribution in [0.2, 0.25) is 0 Å². The third-order valence-electron chi connectivity index (χ3n) is 5.26. The van der Waals surface area contributed by atoms with Crippen LogP contribution in [0, 0.1) is 6.92 Å². The number of hydrogen-bond donors (Lipinski definition) is 1. The Morgan fingerprint density at radius 1 is 0.941 bits per heavy atom. The van der Waals surface area contributed by atoms with E-state index in [1.807, 2.05) is 47.9 Å². The van der Waals surface area contributed by atoms with Gasteiger partial charge in [-0.1, -0.05) is 0 Å². The molecule has 1 aliphatic heterocycles. The molecule has 1 aromatic heterocycles. The second kappa shape index (κ2) is 9.88. The van der Waals surface area contributed by atoms with Gasteiger partial charge >= 0.3 is 0 Å². The highest BCUT2D eigenvalue weighted by molar-refractivity contribution is 8.18. The number of ether oxygens (including phenoxy) is 2. The molecular formula is C25H23N3O5S. The molecule has 0 atom stereocenters.